The van der Waals surface area contributed by atoms with E-state index < -0.39 is 6.03 Å². The second kappa shape index (κ2) is 7.04. The Labute approximate surface area is 160 Å². The molecule has 8 heteroatoms. The van der Waals surface area contributed by atoms with Crippen molar-refractivity contribution in [2.24, 2.45) is 5.73 Å². The van der Waals surface area contributed by atoms with Crippen molar-refractivity contribution in [1.82, 2.24) is 14.8 Å². The van der Waals surface area contributed by atoms with Gasteiger partial charge in [0.2, 0.25) is 5.91 Å². The second-order valence-electron chi connectivity index (χ2n) is 6.95. The molecule has 0 unspecified atom stereocenters. The highest BCUT2D eigenvalue weighted by atomic mass is 35.5. The number of rotatable bonds is 2. The first-order valence-corrected chi connectivity index (χ1v) is 10.1. The summed E-state index contributed by atoms with van der Waals surface area (Å²) in [5.41, 5.74) is 6.34. The number of benzene rings is 1. The zero-order valence-electron chi connectivity index (χ0n) is 14.4. The number of urea groups is 1. The van der Waals surface area contributed by atoms with Crippen molar-refractivity contribution in [2.45, 2.75) is 37.6 Å². The molecule has 0 saturated carbocycles. The molecule has 6 nitrogen and oxygen atoms in total. The Morgan fingerprint density at radius 2 is 1.96 bits per heavy atom. The second-order valence-corrected chi connectivity index (χ2v) is 8.45. The summed E-state index contributed by atoms with van der Waals surface area (Å²) in [4.78, 5) is 32.4. The van der Waals surface area contributed by atoms with Crippen molar-refractivity contribution in [1.29, 1.82) is 0 Å². The van der Waals surface area contributed by atoms with E-state index in [1.54, 1.807) is 11.3 Å². The van der Waals surface area contributed by atoms with Gasteiger partial charge in [0.25, 0.3) is 0 Å². The zero-order valence-corrected chi connectivity index (χ0v) is 15.9. The first-order chi connectivity index (χ1) is 12.5. The van der Waals surface area contributed by atoms with E-state index in [1.807, 2.05) is 23.1 Å². The molecule has 2 aliphatic rings. The number of aromatic nitrogens is 1. The maximum Gasteiger partial charge on any atom is 0.315 e. The Morgan fingerprint density at radius 1 is 1.19 bits per heavy atom. The van der Waals surface area contributed by atoms with Gasteiger partial charge in [-0.1, -0.05) is 11.6 Å². The normalized spacial score (nSPS) is 21.5. The monoisotopic (exact) mass is 392 g/mol. The summed E-state index contributed by atoms with van der Waals surface area (Å²) in [6.45, 7) is 1.98. The quantitative estimate of drug-likeness (QED) is 0.852. The van der Waals surface area contributed by atoms with Crippen LogP contribution in [0.2, 0.25) is 5.02 Å². The number of piperidine rings is 1. The van der Waals surface area contributed by atoms with Gasteiger partial charge >= 0.3 is 6.03 Å². The lowest BCUT2D eigenvalue weighted by Gasteiger charge is -2.34. The Morgan fingerprint density at radius 3 is 2.69 bits per heavy atom. The first-order valence-electron chi connectivity index (χ1n) is 8.94. The van der Waals surface area contributed by atoms with E-state index in [-0.39, 0.29) is 11.9 Å². The summed E-state index contributed by atoms with van der Waals surface area (Å²) in [7, 11) is 0. The molecule has 2 fully saturated rings. The van der Waals surface area contributed by atoms with Gasteiger partial charge in [0.15, 0.2) is 0 Å². The fourth-order valence-corrected chi connectivity index (χ4v) is 5.22. The lowest BCUT2D eigenvalue weighted by atomic mass is 9.97. The molecule has 0 aliphatic carbocycles. The van der Waals surface area contributed by atoms with Crippen LogP contribution in [0.3, 0.4) is 0 Å². The Balaban J connectivity index is 1.41. The lowest BCUT2D eigenvalue weighted by Crippen LogP contribution is -2.51. The van der Waals surface area contributed by atoms with E-state index in [4.69, 9.17) is 22.3 Å². The number of nitrogens with two attached hydrogens (primary N) is 1. The third kappa shape index (κ3) is 3.25. The number of likely N-dealkylation sites (tertiary alicyclic amines) is 2. The molecule has 2 saturated heterocycles. The summed E-state index contributed by atoms with van der Waals surface area (Å²) < 4.78 is 1.14. The van der Waals surface area contributed by atoms with E-state index in [0.29, 0.717) is 37.0 Å². The molecule has 4 rings (SSSR count). The molecule has 1 aromatic carbocycles. The maximum atomic E-state index is 12.8. The molecule has 0 radical (unpaired) electrons. The SMILES string of the molecule is NC(=O)N1CCC[C@@H]1C(=O)N1CCC(c2nc3cc(Cl)ccc3s2)CC1. The van der Waals surface area contributed by atoms with E-state index in [1.165, 1.54) is 4.90 Å². The smallest absolute Gasteiger partial charge is 0.315 e. The molecule has 0 bridgehead atoms. The minimum atomic E-state index is -0.496. The fourth-order valence-electron chi connectivity index (χ4n) is 3.94. The van der Waals surface area contributed by atoms with Crippen molar-refractivity contribution in [3.8, 4) is 0 Å². The Bertz CT molecular complexity index is 847. The largest absolute Gasteiger partial charge is 0.351 e. The number of thiazole rings is 1. The van der Waals surface area contributed by atoms with Crippen LogP contribution in [-0.2, 0) is 4.79 Å². The molecule has 1 atom stereocenters. The number of hydrogen-bond donors (Lipinski definition) is 1. The predicted octanol–water partition coefficient (Wildman–Crippen LogP) is 3.20. The molecule has 3 heterocycles. The number of carbonyl (C=O) groups excluding carboxylic acids is 2. The highest BCUT2D eigenvalue weighted by Gasteiger charge is 2.37. The number of carbonyl (C=O) groups is 2. The first kappa shape index (κ1) is 17.5. The number of fused-ring (bicyclic) bond motifs is 1. The minimum absolute atomic E-state index is 0.0378. The van der Waals surface area contributed by atoms with Gasteiger partial charge in [-0.15, -0.1) is 11.3 Å². The van der Waals surface area contributed by atoms with Crippen molar-refractivity contribution < 1.29 is 9.59 Å². The van der Waals surface area contributed by atoms with Crippen LogP contribution in [0.25, 0.3) is 10.2 Å². The van der Waals surface area contributed by atoms with Gasteiger partial charge < -0.3 is 15.5 Å². The highest BCUT2D eigenvalue weighted by molar-refractivity contribution is 7.18. The summed E-state index contributed by atoms with van der Waals surface area (Å²) in [5.74, 6) is 0.405. The Hall–Kier alpha value is -1.86. The molecule has 3 amide bonds. The molecule has 2 aromatic rings. The van der Waals surface area contributed by atoms with Crippen LogP contribution < -0.4 is 5.73 Å². The molecule has 26 heavy (non-hydrogen) atoms. The van der Waals surface area contributed by atoms with Crippen LogP contribution in [0.4, 0.5) is 4.79 Å². The number of nitrogens with zero attached hydrogens (tertiary/aromatic N) is 3. The van der Waals surface area contributed by atoms with Gasteiger partial charge in [-0.25, -0.2) is 9.78 Å². The van der Waals surface area contributed by atoms with Crippen LogP contribution in [0.1, 0.15) is 36.6 Å². The summed E-state index contributed by atoms with van der Waals surface area (Å²) >= 11 is 7.76. The van der Waals surface area contributed by atoms with Crippen LogP contribution in [0, 0.1) is 0 Å². The summed E-state index contributed by atoms with van der Waals surface area (Å²) in [6, 6.07) is 4.92. The van der Waals surface area contributed by atoms with Gasteiger partial charge in [-0.3, -0.25) is 4.79 Å². The predicted molar refractivity (Wildman–Crippen MR) is 102 cm³/mol. The topological polar surface area (TPSA) is 79.5 Å². The average molecular weight is 393 g/mol. The zero-order chi connectivity index (χ0) is 18.3. The van der Waals surface area contributed by atoms with Crippen LogP contribution in [0.15, 0.2) is 18.2 Å². The fraction of sp³-hybridized carbons (Fsp3) is 0.500. The minimum Gasteiger partial charge on any atom is -0.351 e. The van der Waals surface area contributed by atoms with E-state index in [9.17, 15) is 9.59 Å². The van der Waals surface area contributed by atoms with Gasteiger partial charge in [0.1, 0.15) is 6.04 Å². The Kier molecular flexibility index (Phi) is 4.75. The summed E-state index contributed by atoms with van der Waals surface area (Å²) in [6.07, 6.45) is 3.33. The number of hydrogen-bond acceptors (Lipinski definition) is 4. The standard InChI is InChI=1S/C18H21ClN4O2S/c19-12-3-4-15-13(10-12)21-16(26-15)11-5-8-22(9-6-11)17(24)14-2-1-7-23(14)18(20)25/h3-4,10-11,14H,1-2,5-9H2,(H2,20,25)/t14-/m1/s1. The van der Waals surface area contributed by atoms with Crippen LogP contribution in [-0.4, -0.2) is 52.4 Å². The third-order valence-corrected chi connectivity index (χ3v) is 6.78. The molecule has 1 aromatic heterocycles. The molecule has 2 aliphatic heterocycles. The van der Waals surface area contributed by atoms with Crippen molar-refractivity contribution in [3.63, 3.8) is 0 Å². The van der Waals surface area contributed by atoms with E-state index in [0.717, 1.165) is 34.5 Å². The third-order valence-electron chi connectivity index (χ3n) is 5.34. The van der Waals surface area contributed by atoms with Gasteiger partial charge in [-0.05, 0) is 43.9 Å². The van der Waals surface area contributed by atoms with Crippen LogP contribution in [0.5, 0.6) is 0 Å². The molecule has 0 spiro atoms. The summed E-state index contributed by atoms with van der Waals surface area (Å²) in [5, 5.41) is 1.82. The van der Waals surface area contributed by atoms with E-state index >= 15 is 0 Å². The van der Waals surface area contributed by atoms with Gasteiger partial charge in [0.05, 0.1) is 15.2 Å². The number of primary amides is 1. The van der Waals surface area contributed by atoms with Gasteiger partial charge in [-0.2, -0.15) is 0 Å². The van der Waals surface area contributed by atoms with Crippen molar-refractivity contribution in [2.75, 3.05) is 19.6 Å². The van der Waals surface area contributed by atoms with Gasteiger partial charge in [0, 0.05) is 30.6 Å². The van der Waals surface area contributed by atoms with Crippen molar-refractivity contribution in [3.05, 3.63) is 28.2 Å². The average Bonchev–Trinajstić information content (AvgIpc) is 3.28. The highest BCUT2D eigenvalue weighted by Crippen LogP contribution is 2.35. The van der Waals surface area contributed by atoms with Crippen LogP contribution >= 0.6 is 22.9 Å². The maximum absolute atomic E-state index is 12.8. The molecular weight excluding hydrogens is 372 g/mol. The lowest BCUT2D eigenvalue weighted by molar-refractivity contribution is -0.136. The van der Waals surface area contributed by atoms with Crippen molar-refractivity contribution >= 4 is 45.1 Å². The molecule has 138 valence electrons. The number of amides is 3. The molecular formula is C18H21ClN4O2S. The number of halogens is 1. The van der Waals surface area contributed by atoms with E-state index in [2.05, 4.69) is 0 Å². The molecule has 2 N–H and O–H groups in total.